The maximum absolute atomic E-state index is 15.0. The van der Waals surface area contributed by atoms with Crippen molar-refractivity contribution < 1.29 is 80.4 Å². The summed E-state index contributed by atoms with van der Waals surface area (Å²) in [6, 6.07) is -0.125. The lowest BCUT2D eigenvalue weighted by molar-refractivity contribution is -0.201. The minimum Gasteiger partial charge on any atom is -0.457 e. The number of hydroxylamine groups is 2. The average molecular weight is 1110 g/mol. The molecule has 19 nitrogen and oxygen atoms in total. The zero-order valence-electron chi connectivity index (χ0n) is 43.8. The molecule has 2 N–H and O–H groups in total. The second-order valence-electron chi connectivity index (χ2n) is 21.1. The number of imide groups is 2. The first kappa shape index (κ1) is 58.6. The van der Waals surface area contributed by atoms with Gasteiger partial charge in [0.1, 0.15) is 36.0 Å². The smallest absolute Gasteiger partial charge is 0.409 e. The molecule has 1 saturated carbocycles. The number of epoxide rings is 1. The number of likely N-dealkylation sites (N-methyl/N-ethyl adjacent to an activating group) is 1. The highest BCUT2D eigenvalue weighted by Crippen LogP contribution is 2.49. The first-order chi connectivity index (χ1) is 35.6. The van der Waals surface area contributed by atoms with Gasteiger partial charge < -0.3 is 33.8 Å². The molecule has 10 atom stereocenters. The van der Waals surface area contributed by atoms with E-state index < -0.39 is 131 Å². The zero-order valence-corrected chi connectivity index (χ0v) is 45.4. The molecule has 24 heteroatoms. The summed E-state index contributed by atoms with van der Waals surface area (Å²) in [6.07, 6.45) is -4.46. The minimum atomic E-state index is -4.87. The van der Waals surface area contributed by atoms with Gasteiger partial charge in [0.2, 0.25) is 17.7 Å². The maximum atomic E-state index is 15.0. The number of carbonyl (C=O) groups is 8. The summed E-state index contributed by atoms with van der Waals surface area (Å²) < 4.78 is 68.5. The lowest BCUT2D eigenvalue weighted by Crippen LogP contribution is -2.63. The number of ether oxygens (including phenoxy) is 4. The van der Waals surface area contributed by atoms with Crippen LogP contribution < -0.4 is 10.2 Å². The first-order valence-electron chi connectivity index (χ1n) is 25.5. The van der Waals surface area contributed by atoms with Crippen LogP contribution in [0.25, 0.3) is 0 Å². The average Bonchev–Trinajstić information content (AvgIpc) is 3.88. The topological polar surface area (TPSA) is 231 Å². The van der Waals surface area contributed by atoms with Gasteiger partial charge >= 0.3 is 24.2 Å². The fourth-order valence-corrected chi connectivity index (χ4v) is 12.3. The minimum absolute atomic E-state index is 0.0352. The lowest BCUT2D eigenvalue weighted by Gasteiger charge is -2.42. The summed E-state index contributed by atoms with van der Waals surface area (Å²) in [5, 5.41) is 14.2. The maximum Gasteiger partial charge on any atom is 0.409 e. The van der Waals surface area contributed by atoms with Gasteiger partial charge in [0.15, 0.2) is 5.72 Å². The lowest BCUT2D eigenvalue weighted by atomic mass is 9.82. The van der Waals surface area contributed by atoms with Crippen LogP contribution in [0.5, 0.6) is 0 Å². The second-order valence-corrected chi connectivity index (χ2v) is 22.8. The molecule has 76 heavy (non-hydrogen) atoms. The fourth-order valence-electron chi connectivity index (χ4n) is 10.9. The number of esters is 1. The SMILES string of the molecule is CO[C@@H]1/C=C/C=C(\C)Cc2cc(C)c(Cl)c(c2)N(C)C(=O)C[C@H](OC(=O)[C@H](C)N(C)C(CCSC2CC(=O)N(CC3CCC(C(=O)ON4C(=O)CCC4=O)CC3)C2=O)C(F)(F)F)[C@]2(C)O[C@H]2[C@H](C)C2C[C@@]1(O)NC(=O)O2. The molecule has 0 radical (unpaired) electrons. The van der Waals surface area contributed by atoms with E-state index in [1.165, 1.54) is 26.0 Å². The molecule has 6 amide bonds. The second kappa shape index (κ2) is 23.5. The quantitative estimate of drug-likeness (QED) is 0.133. The number of halogens is 4. The number of aliphatic hydroxyl groups is 1. The van der Waals surface area contributed by atoms with Crippen molar-refractivity contribution in [2.24, 2.45) is 17.8 Å². The van der Waals surface area contributed by atoms with Crippen LogP contribution in [0, 0.1) is 24.7 Å². The van der Waals surface area contributed by atoms with Gasteiger partial charge in [-0.25, -0.2) is 9.59 Å². The Morgan fingerprint density at radius 2 is 1.70 bits per heavy atom. The molecule has 0 spiro atoms. The number of carbonyl (C=O) groups excluding carboxylic acids is 8. The molecule has 3 unspecified atom stereocenters. The molecule has 4 saturated heterocycles. The Morgan fingerprint density at radius 3 is 2.34 bits per heavy atom. The van der Waals surface area contributed by atoms with Crippen LogP contribution in [-0.2, 0) is 63.8 Å². The highest BCUT2D eigenvalue weighted by Gasteiger charge is 2.65. The van der Waals surface area contributed by atoms with E-state index in [-0.39, 0.29) is 43.9 Å². The summed E-state index contributed by atoms with van der Waals surface area (Å²) in [5.41, 5.74) is -0.653. The Bertz CT molecular complexity index is 2510. The summed E-state index contributed by atoms with van der Waals surface area (Å²) >= 11 is 7.71. The van der Waals surface area contributed by atoms with Crippen LogP contribution in [0.4, 0.5) is 23.7 Å². The zero-order chi connectivity index (χ0) is 55.8. The van der Waals surface area contributed by atoms with Crippen LogP contribution in [0.2, 0.25) is 5.02 Å². The van der Waals surface area contributed by atoms with E-state index in [0.717, 1.165) is 39.7 Å². The van der Waals surface area contributed by atoms with Crippen molar-refractivity contribution in [2.75, 3.05) is 38.4 Å². The number of nitrogens with one attached hydrogen (secondary N) is 1. The van der Waals surface area contributed by atoms with Gasteiger partial charge in [-0.3, -0.25) is 43.9 Å². The number of rotatable bonds is 13. The number of alkyl carbamates (subject to hydrolysis) is 1. The molecule has 1 aromatic carbocycles. The summed E-state index contributed by atoms with van der Waals surface area (Å²) in [5.74, 6) is -6.18. The van der Waals surface area contributed by atoms with E-state index in [0.29, 0.717) is 53.4 Å². The predicted octanol–water partition coefficient (Wildman–Crippen LogP) is 5.88. The molecule has 6 aliphatic rings. The highest BCUT2D eigenvalue weighted by molar-refractivity contribution is 8.00. The summed E-state index contributed by atoms with van der Waals surface area (Å²) in [6.45, 7) is 8.27. The molecule has 4 bridgehead atoms. The number of hydrogen-bond acceptors (Lipinski definition) is 16. The number of amides is 6. The molecule has 7 rings (SSSR count). The number of methoxy groups -OCH3 is 1. The molecule has 1 aromatic rings. The van der Waals surface area contributed by atoms with Crippen LogP contribution >= 0.6 is 23.4 Å². The third-order valence-corrected chi connectivity index (χ3v) is 17.5. The number of allylic oxidation sites excluding steroid dienone is 3. The van der Waals surface area contributed by atoms with Crippen molar-refractivity contribution in [2.45, 2.75) is 164 Å². The van der Waals surface area contributed by atoms with Crippen molar-refractivity contribution >= 4 is 76.6 Å². The number of thioether (sulfide) groups is 1. The van der Waals surface area contributed by atoms with Crippen molar-refractivity contribution in [3.63, 3.8) is 0 Å². The Balaban J connectivity index is 1.02. The van der Waals surface area contributed by atoms with Gasteiger partial charge in [0.25, 0.3) is 11.8 Å². The van der Waals surface area contributed by atoms with E-state index in [2.05, 4.69) is 5.32 Å². The van der Waals surface area contributed by atoms with E-state index in [1.807, 2.05) is 19.1 Å². The number of fused-ring (bicyclic) bond motifs is 5. The first-order valence-corrected chi connectivity index (χ1v) is 26.9. The van der Waals surface area contributed by atoms with E-state index >= 15 is 0 Å². The molecule has 1 aliphatic carbocycles. The van der Waals surface area contributed by atoms with E-state index in [9.17, 15) is 56.6 Å². The third-order valence-electron chi connectivity index (χ3n) is 15.7. The van der Waals surface area contributed by atoms with Crippen molar-refractivity contribution in [1.82, 2.24) is 20.2 Å². The number of anilines is 1. The monoisotopic (exact) mass is 1110 g/mol. The normalized spacial score (nSPS) is 32.6. The van der Waals surface area contributed by atoms with Crippen LogP contribution in [0.3, 0.4) is 0 Å². The van der Waals surface area contributed by atoms with Crippen LogP contribution in [0.1, 0.15) is 103 Å². The van der Waals surface area contributed by atoms with Gasteiger partial charge in [-0.05, 0) is 102 Å². The molecule has 5 aliphatic heterocycles. The number of benzene rings is 1. The summed E-state index contributed by atoms with van der Waals surface area (Å²) in [7, 11) is 4.00. The van der Waals surface area contributed by atoms with Crippen LogP contribution in [0.15, 0.2) is 35.9 Å². The molecular formula is C52H67ClF3N5O14S. The van der Waals surface area contributed by atoms with Crippen molar-refractivity contribution in [3.05, 3.63) is 52.1 Å². The number of likely N-dealkylation sites (tertiary alicyclic amines) is 1. The third kappa shape index (κ3) is 12.9. The van der Waals surface area contributed by atoms with Gasteiger partial charge in [0, 0.05) is 52.3 Å². The molecule has 0 aromatic heterocycles. The Labute approximate surface area is 448 Å². The summed E-state index contributed by atoms with van der Waals surface area (Å²) in [4.78, 5) is 113. The standard InChI is InChI=1S/C52H67ClF3N5O14S/c1-27-10-9-11-38(71-8)51(70)25-35(72-49(69)57-51)29(3)45-50(5,74-45)39(24-42(64)59(7)34-22-32(20-27)21-28(2)44(34)53)73-47(67)30(4)58(6)37(52(54,55)56)18-19-76-36-23-43(65)60(46(36)66)26-31-12-14-33(15-13-31)48(68)75-61-40(62)16-17-41(61)63/h9-11,21-22,29-31,33,35-39,45,70H,12-20,23-26H2,1-8H3,(H,57,69)/b11-9+,27-10+/t29-,30+,31?,33?,35?,36?,37?,38-,39+,45+,50+,51+/m1/s1. The van der Waals surface area contributed by atoms with Crippen molar-refractivity contribution in [1.29, 1.82) is 0 Å². The molecule has 5 heterocycles. The highest BCUT2D eigenvalue weighted by atomic mass is 35.5. The Kier molecular flexibility index (Phi) is 18.1. The number of hydrogen-bond donors (Lipinski definition) is 2. The Hall–Kier alpha value is -5.07. The van der Waals surface area contributed by atoms with E-state index in [4.69, 9.17) is 35.4 Å². The molecule has 418 valence electrons. The number of aryl methyl sites for hydroxylation is 1. The van der Waals surface area contributed by atoms with Gasteiger partial charge in [0.05, 0.1) is 34.4 Å². The molecule has 5 fully saturated rings. The van der Waals surface area contributed by atoms with E-state index in [1.54, 1.807) is 39.0 Å². The van der Waals surface area contributed by atoms with Gasteiger partial charge in [-0.15, -0.1) is 16.8 Å². The molecular weight excluding hydrogens is 1040 g/mol. The largest absolute Gasteiger partial charge is 0.457 e. The van der Waals surface area contributed by atoms with Crippen molar-refractivity contribution in [3.8, 4) is 0 Å². The number of alkyl halides is 3. The van der Waals surface area contributed by atoms with Gasteiger partial charge in [-0.2, -0.15) is 13.2 Å². The fraction of sp³-hybridized carbons (Fsp3) is 0.654. The predicted molar refractivity (Wildman–Crippen MR) is 269 cm³/mol. The Morgan fingerprint density at radius 1 is 1.03 bits per heavy atom. The van der Waals surface area contributed by atoms with Crippen LogP contribution in [-0.4, -0.2) is 160 Å². The van der Waals surface area contributed by atoms with Gasteiger partial charge in [-0.1, -0.05) is 48.4 Å². The number of nitrogens with zero attached hydrogens (tertiary/aromatic N) is 4.